The molecule has 0 aliphatic rings. The maximum Gasteiger partial charge on any atom is 0.303 e. The first kappa shape index (κ1) is 17.9. The molecule has 0 fully saturated rings. The number of carboxylic acid groups (broad SMARTS) is 2. The van der Waals surface area contributed by atoms with E-state index in [2.05, 4.69) is 19.9 Å². The normalized spacial score (nSPS) is 9.92. The van der Waals surface area contributed by atoms with E-state index in [1.807, 2.05) is 22.9 Å². The molecule has 0 atom stereocenters. The molecular weight excluding hydrogens is 326 g/mol. The number of H-pyrrole nitrogens is 1. The van der Waals surface area contributed by atoms with Crippen LogP contribution in [0.5, 0.6) is 0 Å². The van der Waals surface area contributed by atoms with Crippen molar-refractivity contribution in [2.75, 3.05) is 0 Å². The fraction of sp³-hybridized carbons (Fsp3) is 0.188. The summed E-state index contributed by atoms with van der Waals surface area (Å²) in [5, 5.41) is 15.8. The van der Waals surface area contributed by atoms with Gasteiger partial charge in [-0.25, -0.2) is 9.97 Å². The van der Waals surface area contributed by atoms with Crippen molar-refractivity contribution in [2.24, 2.45) is 0 Å². The third-order valence-electron chi connectivity index (χ3n) is 3.08. The average Bonchev–Trinajstić information content (AvgIpc) is 3.25. The molecule has 0 unspecified atom stereocenters. The van der Waals surface area contributed by atoms with E-state index >= 15 is 0 Å². The molecular formula is C16H17N5O4. The van der Waals surface area contributed by atoms with Gasteiger partial charge in [0.25, 0.3) is 0 Å². The Bertz CT molecular complexity index is 785. The molecule has 3 rings (SSSR count). The molecule has 0 saturated heterocycles. The van der Waals surface area contributed by atoms with Gasteiger partial charge < -0.3 is 19.8 Å². The Hall–Kier alpha value is -3.49. The van der Waals surface area contributed by atoms with Gasteiger partial charge in [-0.2, -0.15) is 0 Å². The first-order valence-corrected chi connectivity index (χ1v) is 7.39. The minimum atomic E-state index is -1.08. The summed E-state index contributed by atoms with van der Waals surface area (Å²) in [6.07, 6.45) is 10.2. The van der Waals surface area contributed by atoms with E-state index in [1.54, 1.807) is 31.0 Å². The van der Waals surface area contributed by atoms with E-state index in [0.29, 0.717) is 0 Å². The van der Waals surface area contributed by atoms with E-state index in [-0.39, 0.29) is 12.8 Å². The van der Waals surface area contributed by atoms with Crippen molar-refractivity contribution in [3.63, 3.8) is 0 Å². The first-order valence-electron chi connectivity index (χ1n) is 7.39. The van der Waals surface area contributed by atoms with E-state index in [0.717, 1.165) is 18.2 Å². The molecule has 3 aromatic heterocycles. The van der Waals surface area contributed by atoms with Crippen molar-refractivity contribution in [3.8, 4) is 11.6 Å². The highest BCUT2D eigenvalue weighted by atomic mass is 16.4. The zero-order chi connectivity index (χ0) is 18.1. The minimum Gasteiger partial charge on any atom is -0.481 e. The Morgan fingerprint density at radius 3 is 2.24 bits per heavy atom. The highest BCUT2D eigenvalue weighted by Crippen LogP contribution is 2.13. The maximum absolute atomic E-state index is 9.64. The summed E-state index contributed by atoms with van der Waals surface area (Å²) in [7, 11) is 0. The number of hydrogen-bond acceptors (Lipinski definition) is 5. The lowest BCUT2D eigenvalue weighted by atomic mass is 10.2. The van der Waals surface area contributed by atoms with Crippen LogP contribution < -0.4 is 0 Å². The number of rotatable bonds is 6. The Morgan fingerprint density at radius 2 is 1.68 bits per heavy atom. The van der Waals surface area contributed by atoms with Crippen LogP contribution in [0.25, 0.3) is 11.6 Å². The molecule has 9 nitrogen and oxygen atoms in total. The molecule has 130 valence electrons. The number of aromatic nitrogens is 5. The van der Waals surface area contributed by atoms with Gasteiger partial charge in [-0.15, -0.1) is 0 Å². The molecule has 0 aromatic carbocycles. The molecule has 0 aliphatic heterocycles. The van der Waals surface area contributed by atoms with Crippen LogP contribution in [-0.4, -0.2) is 46.7 Å². The second-order valence-corrected chi connectivity index (χ2v) is 4.96. The monoisotopic (exact) mass is 343 g/mol. The highest BCUT2D eigenvalue weighted by molar-refractivity contribution is 5.75. The standard InChI is InChI=1S/C12H11N5.C4H6O4/c1-3-13-4-2-10(1)9-17-8-7-16-12(17)11-14-5-6-15-11;5-3(6)1-2-4(7)8/h1-8H,9H2,(H,14,15);1-2H2,(H,5,6)(H,7,8). The molecule has 9 heteroatoms. The van der Waals surface area contributed by atoms with Gasteiger partial charge in [0.2, 0.25) is 0 Å². The second-order valence-electron chi connectivity index (χ2n) is 4.96. The van der Waals surface area contributed by atoms with Crippen LogP contribution in [0.1, 0.15) is 18.4 Å². The highest BCUT2D eigenvalue weighted by Gasteiger charge is 2.07. The Balaban J connectivity index is 0.000000242. The van der Waals surface area contributed by atoms with Crippen molar-refractivity contribution in [2.45, 2.75) is 19.4 Å². The van der Waals surface area contributed by atoms with Crippen molar-refractivity contribution in [1.29, 1.82) is 0 Å². The van der Waals surface area contributed by atoms with Crippen LogP contribution in [-0.2, 0) is 16.1 Å². The maximum atomic E-state index is 9.64. The predicted molar refractivity (Wildman–Crippen MR) is 87.7 cm³/mol. The number of carbonyl (C=O) groups is 2. The average molecular weight is 343 g/mol. The molecule has 0 spiro atoms. The second kappa shape index (κ2) is 8.96. The largest absolute Gasteiger partial charge is 0.481 e. The first-order chi connectivity index (χ1) is 12.1. The number of nitrogens with zero attached hydrogens (tertiary/aromatic N) is 4. The molecule has 0 saturated carbocycles. The SMILES string of the molecule is O=C(O)CCC(=O)O.c1cc(Cn2ccnc2-c2ncc[nH]2)ccn1. The van der Waals surface area contributed by atoms with Gasteiger partial charge in [0.1, 0.15) is 0 Å². The third kappa shape index (κ3) is 5.90. The van der Waals surface area contributed by atoms with Crippen LogP contribution in [0.2, 0.25) is 0 Å². The van der Waals surface area contributed by atoms with Gasteiger partial charge in [0.05, 0.1) is 12.8 Å². The number of pyridine rings is 1. The fourth-order valence-electron chi connectivity index (χ4n) is 1.94. The lowest BCUT2D eigenvalue weighted by Gasteiger charge is -2.05. The predicted octanol–water partition coefficient (Wildman–Crippen LogP) is 1.65. The summed E-state index contributed by atoms with van der Waals surface area (Å²) in [6, 6.07) is 3.98. The van der Waals surface area contributed by atoms with Crippen molar-refractivity contribution in [3.05, 3.63) is 54.9 Å². The van der Waals surface area contributed by atoms with Crippen LogP contribution >= 0.6 is 0 Å². The van der Waals surface area contributed by atoms with Gasteiger partial charge in [-0.05, 0) is 17.7 Å². The van der Waals surface area contributed by atoms with E-state index < -0.39 is 11.9 Å². The Kier molecular flexibility index (Phi) is 6.40. The lowest BCUT2D eigenvalue weighted by Crippen LogP contribution is -2.01. The van der Waals surface area contributed by atoms with Crippen LogP contribution in [0, 0.1) is 0 Å². The van der Waals surface area contributed by atoms with E-state index in [1.165, 1.54) is 5.56 Å². The summed E-state index contributed by atoms with van der Waals surface area (Å²) in [5.41, 5.74) is 1.19. The quantitative estimate of drug-likeness (QED) is 0.619. The Morgan fingerprint density at radius 1 is 1.00 bits per heavy atom. The molecule has 3 heterocycles. The molecule has 0 bridgehead atoms. The van der Waals surface area contributed by atoms with E-state index in [4.69, 9.17) is 10.2 Å². The number of hydrogen-bond donors (Lipinski definition) is 3. The summed E-state index contributed by atoms with van der Waals surface area (Å²) in [4.78, 5) is 34.9. The summed E-state index contributed by atoms with van der Waals surface area (Å²) in [5.74, 6) is -0.532. The van der Waals surface area contributed by atoms with Crippen molar-refractivity contribution < 1.29 is 19.8 Å². The van der Waals surface area contributed by atoms with Crippen LogP contribution in [0.15, 0.2) is 49.3 Å². The summed E-state index contributed by atoms with van der Waals surface area (Å²) in [6.45, 7) is 0.762. The van der Waals surface area contributed by atoms with Gasteiger partial charge >= 0.3 is 11.9 Å². The summed E-state index contributed by atoms with van der Waals surface area (Å²) >= 11 is 0. The van der Waals surface area contributed by atoms with Crippen molar-refractivity contribution >= 4 is 11.9 Å². The van der Waals surface area contributed by atoms with Gasteiger partial charge in [-0.1, -0.05) is 0 Å². The molecule has 0 amide bonds. The number of imidazole rings is 2. The lowest BCUT2D eigenvalue weighted by molar-refractivity contribution is -0.143. The molecule has 0 aliphatic carbocycles. The Labute approximate surface area is 143 Å². The number of nitrogens with one attached hydrogen (secondary N) is 1. The third-order valence-corrected chi connectivity index (χ3v) is 3.08. The van der Waals surface area contributed by atoms with Gasteiger partial charge in [0.15, 0.2) is 11.6 Å². The zero-order valence-electron chi connectivity index (χ0n) is 13.2. The van der Waals surface area contributed by atoms with Gasteiger partial charge in [0, 0.05) is 43.7 Å². The van der Waals surface area contributed by atoms with Crippen LogP contribution in [0.4, 0.5) is 0 Å². The topological polar surface area (TPSA) is 134 Å². The molecule has 3 aromatic rings. The van der Waals surface area contributed by atoms with Crippen LogP contribution in [0.3, 0.4) is 0 Å². The van der Waals surface area contributed by atoms with E-state index in [9.17, 15) is 9.59 Å². The summed E-state index contributed by atoms with van der Waals surface area (Å²) < 4.78 is 2.05. The smallest absolute Gasteiger partial charge is 0.303 e. The number of aromatic amines is 1. The van der Waals surface area contributed by atoms with Crippen molar-refractivity contribution in [1.82, 2.24) is 24.5 Å². The molecule has 0 radical (unpaired) electrons. The van der Waals surface area contributed by atoms with Gasteiger partial charge in [-0.3, -0.25) is 14.6 Å². The number of aliphatic carboxylic acids is 2. The molecule has 25 heavy (non-hydrogen) atoms. The molecule has 3 N–H and O–H groups in total. The zero-order valence-corrected chi connectivity index (χ0v) is 13.2. The minimum absolute atomic E-state index is 0.296. The number of carboxylic acids is 2. The fourth-order valence-corrected chi connectivity index (χ4v) is 1.94.